The summed E-state index contributed by atoms with van der Waals surface area (Å²) in [7, 11) is 1.47. The highest BCUT2D eigenvalue weighted by atomic mass is 35.5. The first-order valence-corrected chi connectivity index (χ1v) is 7.47. The Kier molecular flexibility index (Phi) is 5.22. The molecule has 6 heteroatoms. The maximum absolute atomic E-state index is 12.2. The lowest BCUT2D eigenvalue weighted by atomic mass is 10.2. The first-order chi connectivity index (χ1) is 9.51. The highest BCUT2D eigenvalue weighted by Crippen LogP contribution is 2.35. The van der Waals surface area contributed by atoms with E-state index in [2.05, 4.69) is 0 Å². The summed E-state index contributed by atoms with van der Waals surface area (Å²) in [5.74, 6) is 0.362. The van der Waals surface area contributed by atoms with Crippen molar-refractivity contribution in [3.63, 3.8) is 0 Å². The predicted molar refractivity (Wildman–Crippen MR) is 84.7 cm³/mol. The normalized spacial score (nSPS) is 10.4. The van der Waals surface area contributed by atoms with Crippen molar-refractivity contribution < 1.29 is 9.53 Å². The van der Waals surface area contributed by atoms with E-state index in [4.69, 9.17) is 39.5 Å². The van der Waals surface area contributed by atoms with Gasteiger partial charge in [-0.1, -0.05) is 34.8 Å². The van der Waals surface area contributed by atoms with Crippen LogP contribution in [0.5, 0.6) is 5.75 Å². The standard InChI is InChI=1S/C14H9Cl3O2S/c1-19-13-11(16)6-8(7-12(13)17)14(18)20-10-4-2-9(15)3-5-10/h2-7H,1H3. The van der Waals surface area contributed by atoms with Crippen molar-refractivity contribution in [1.82, 2.24) is 0 Å². The van der Waals surface area contributed by atoms with Crippen LogP contribution in [-0.2, 0) is 0 Å². The number of ether oxygens (including phenoxy) is 1. The van der Waals surface area contributed by atoms with E-state index in [9.17, 15) is 4.79 Å². The first kappa shape index (κ1) is 15.5. The Morgan fingerprint density at radius 1 is 1.05 bits per heavy atom. The zero-order chi connectivity index (χ0) is 14.7. The van der Waals surface area contributed by atoms with E-state index >= 15 is 0 Å². The van der Waals surface area contributed by atoms with Crippen molar-refractivity contribution in [1.29, 1.82) is 0 Å². The molecule has 2 rings (SSSR count). The number of hydrogen-bond acceptors (Lipinski definition) is 3. The third kappa shape index (κ3) is 3.61. The topological polar surface area (TPSA) is 26.3 Å². The zero-order valence-electron chi connectivity index (χ0n) is 10.3. The van der Waals surface area contributed by atoms with Crippen LogP contribution < -0.4 is 4.74 Å². The molecular formula is C14H9Cl3O2S. The minimum atomic E-state index is -0.154. The second-order valence-corrected chi connectivity index (χ2v) is 6.11. The van der Waals surface area contributed by atoms with Gasteiger partial charge < -0.3 is 4.74 Å². The third-order valence-corrected chi connectivity index (χ3v) is 4.20. The summed E-state index contributed by atoms with van der Waals surface area (Å²) in [6, 6.07) is 10.1. The Bertz CT molecular complexity index is 618. The highest BCUT2D eigenvalue weighted by molar-refractivity contribution is 8.14. The molecule has 0 saturated heterocycles. The lowest BCUT2D eigenvalue weighted by Gasteiger charge is -2.08. The first-order valence-electron chi connectivity index (χ1n) is 5.52. The van der Waals surface area contributed by atoms with E-state index in [1.807, 2.05) is 0 Å². The van der Waals surface area contributed by atoms with Crippen molar-refractivity contribution >= 4 is 51.7 Å². The van der Waals surface area contributed by atoms with Crippen LogP contribution in [0.3, 0.4) is 0 Å². The van der Waals surface area contributed by atoms with E-state index in [0.717, 1.165) is 16.7 Å². The molecule has 0 aromatic heterocycles. The molecule has 20 heavy (non-hydrogen) atoms. The van der Waals surface area contributed by atoms with E-state index in [1.165, 1.54) is 19.2 Å². The average molecular weight is 348 g/mol. The molecule has 0 radical (unpaired) electrons. The number of methoxy groups -OCH3 is 1. The summed E-state index contributed by atoms with van der Waals surface area (Å²) < 4.78 is 5.05. The van der Waals surface area contributed by atoms with Gasteiger partial charge in [-0.05, 0) is 48.2 Å². The van der Waals surface area contributed by atoms with Crippen LogP contribution in [0.15, 0.2) is 41.3 Å². The smallest absolute Gasteiger partial charge is 0.224 e. The molecule has 2 aromatic rings. The van der Waals surface area contributed by atoms with Gasteiger partial charge in [0, 0.05) is 15.5 Å². The van der Waals surface area contributed by atoms with Crippen molar-refractivity contribution in [2.24, 2.45) is 0 Å². The molecule has 0 spiro atoms. The van der Waals surface area contributed by atoms with Gasteiger partial charge in [-0.3, -0.25) is 4.79 Å². The fourth-order valence-corrected chi connectivity index (χ4v) is 3.03. The Balaban J connectivity index is 2.23. The molecule has 0 heterocycles. The fraction of sp³-hybridized carbons (Fsp3) is 0.0714. The van der Waals surface area contributed by atoms with Crippen LogP contribution in [0, 0.1) is 0 Å². The quantitative estimate of drug-likeness (QED) is 0.677. The zero-order valence-corrected chi connectivity index (χ0v) is 13.4. The number of halogens is 3. The predicted octanol–water partition coefficient (Wildman–Crippen LogP) is 5.59. The largest absolute Gasteiger partial charge is 0.494 e. The van der Waals surface area contributed by atoms with Gasteiger partial charge >= 0.3 is 0 Å². The monoisotopic (exact) mass is 346 g/mol. The van der Waals surface area contributed by atoms with E-state index < -0.39 is 0 Å². The summed E-state index contributed by atoms with van der Waals surface area (Å²) in [5.41, 5.74) is 0.417. The molecule has 0 bridgehead atoms. The minimum absolute atomic E-state index is 0.154. The maximum Gasteiger partial charge on any atom is 0.224 e. The van der Waals surface area contributed by atoms with Crippen molar-refractivity contribution in [2.75, 3.05) is 7.11 Å². The minimum Gasteiger partial charge on any atom is -0.494 e. The van der Waals surface area contributed by atoms with Gasteiger partial charge in [0.2, 0.25) is 5.12 Å². The van der Waals surface area contributed by atoms with Gasteiger partial charge in [0.25, 0.3) is 0 Å². The van der Waals surface area contributed by atoms with Crippen LogP contribution >= 0.6 is 46.6 Å². The number of carbonyl (C=O) groups excluding carboxylic acids is 1. The molecule has 0 aliphatic rings. The lowest BCUT2D eigenvalue weighted by molar-refractivity contribution is 0.108. The molecule has 0 aliphatic carbocycles. The highest BCUT2D eigenvalue weighted by Gasteiger charge is 2.14. The van der Waals surface area contributed by atoms with Crippen LogP contribution in [-0.4, -0.2) is 12.2 Å². The Morgan fingerprint density at radius 3 is 2.10 bits per heavy atom. The lowest BCUT2D eigenvalue weighted by Crippen LogP contribution is -1.95. The van der Waals surface area contributed by atoms with Crippen molar-refractivity contribution in [2.45, 2.75) is 4.90 Å². The summed E-state index contributed by atoms with van der Waals surface area (Å²) in [6.07, 6.45) is 0. The number of hydrogen-bond donors (Lipinski definition) is 0. The van der Waals surface area contributed by atoms with Gasteiger partial charge in [0.15, 0.2) is 5.75 Å². The summed E-state index contributed by atoms with van der Waals surface area (Å²) >= 11 is 18.9. The van der Waals surface area contributed by atoms with Gasteiger partial charge in [0.05, 0.1) is 17.2 Å². The van der Waals surface area contributed by atoms with Crippen LogP contribution in [0.1, 0.15) is 10.4 Å². The Labute approximate surface area is 136 Å². The van der Waals surface area contributed by atoms with Crippen LogP contribution in [0.4, 0.5) is 0 Å². The molecule has 0 fully saturated rings. The molecule has 0 amide bonds. The molecule has 0 aliphatic heterocycles. The molecule has 0 saturated carbocycles. The Morgan fingerprint density at radius 2 is 1.60 bits per heavy atom. The van der Waals surface area contributed by atoms with Crippen LogP contribution in [0.2, 0.25) is 15.1 Å². The van der Waals surface area contributed by atoms with E-state index in [-0.39, 0.29) is 5.12 Å². The van der Waals surface area contributed by atoms with Crippen molar-refractivity contribution in [3.05, 3.63) is 57.0 Å². The summed E-state index contributed by atoms with van der Waals surface area (Å²) in [4.78, 5) is 13.0. The van der Waals surface area contributed by atoms with Gasteiger partial charge in [-0.2, -0.15) is 0 Å². The van der Waals surface area contributed by atoms with Gasteiger partial charge in [-0.15, -0.1) is 0 Å². The third-order valence-electron chi connectivity index (χ3n) is 2.46. The SMILES string of the molecule is COc1c(Cl)cc(C(=O)Sc2ccc(Cl)cc2)cc1Cl. The van der Waals surface area contributed by atoms with E-state index in [0.29, 0.717) is 26.4 Å². The van der Waals surface area contributed by atoms with Gasteiger partial charge in [0.1, 0.15) is 0 Å². The molecule has 0 N–H and O–H groups in total. The number of rotatable bonds is 3. The van der Waals surface area contributed by atoms with Crippen LogP contribution in [0.25, 0.3) is 0 Å². The molecule has 2 aromatic carbocycles. The summed E-state index contributed by atoms with van der Waals surface area (Å²) in [6.45, 7) is 0. The second-order valence-electron chi connectivity index (χ2n) is 3.82. The van der Waals surface area contributed by atoms with Gasteiger partial charge in [-0.25, -0.2) is 0 Å². The molecule has 0 unspecified atom stereocenters. The number of benzene rings is 2. The molecular weight excluding hydrogens is 339 g/mol. The van der Waals surface area contributed by atoms with Crippen molar-refractivity contribution in [3.8, 4) is 5.75 Å². The molecule has 0 atom stereocenters. The summed E-state index contributed by atoms with van der Waals surface area (Å²) in [5, 5.41) is 1.08. The van der Waals surface area contributed by atoms with E-state index in [1.54, 1.807) is 24.3 Å². The number of carbonyl (C=O) groups is 1. The maximum atomic E-state index is 12.2. The molecule has 2 nitrogen and oxygen atoms in total. The second kappa shape index (κ2) is 6.72. The average Bonchev–Trinajstić information content (AvgIpc) is 2.41. The number of thioether (sulfide) groups is 1. The fourth-order valence-electron chi connectivity index (χ4n) is 1.54. The Hall–Kier alpha value is -0.870. The molecule has 104 valence electrons.